The second kappa shape index (κ2) is 8.58. The SMILES string of the molecule is CCC(CO)(CO)NC(=O)CC1COc2ccc(C(=O)N(C)C)cc2N1C. The standard InChI is InChI=1S/C19H29N3O5/c1-5-19(11-23,12-24)20-17(25)9-14-10-27-16-7-6-13(18(26)21(2)3)8-15(16)22(14)4/h6-8,14,23-24H,5,9-12H2,1-4H3,(H,20,25). The molecule has 0 saturated carbocycles. The van der Waals surface area contributed by atoms with Crippen molar-refractivity contribution in [3.8, 4) is 5.75 Å². The van der Waals surface area contributed by atoms with Crippen LogP contribution in [0, 0.1) is 0 Å². The molecule has 2 rings (SSSR count). The summed E-state index contributed by atoms with van der Waals surface area (Å²) in [6.07, 6.45) is 0.561. The summed E-state index contributed by atoms with van der Waals surface area (Å²) >= 11 is 0. The Labute approximate surface area is 159 Å². The van der Waals surface area contributed by atoms with E-state index >= 15 is 0 Å². The van der Waals surface area contributed by atoms with Crippen molar-refractivity contribution < 1.29 is 24.5 Å². The maximum absolute atomic E-state index is 12.4. The molecule has 0 saturated heterocycles. The first-order chi connectivity index (χ1) is 12.8. The van der Waals surface area contributed by atoms with Crippen molar-refractivity contribution in [2.24, 2.45) is 0 Å². The number of aliphatic hydroxyl groups excluding tert-OH is 2. The Morgan fingerprint density at radius 1 is 1.33 bits per heavy atom. The summed E-state index contributed by atoms with van der Waals surface area (Å²) < 4.78 is 5.77. The Balaban J connectivity index is 2.13. The molecule has 1 aromatic carbocycles. The van der Waals surface area contributed by atoms with Gasteiger partial charge in [0.1, 0.15) is 12.4 Å². The zero-order valence-corrected chi connectivity index (χ0v) is 16.4. The minimum absolute atomic E-state index is 0.107. The number of carbonyl (C=O) groups is 2. The predicted octanol–water partition coefficient (Wildman–Crippen LogP) is 0.225. The number of nitrogens with zero attached hydrogens (tertiary/aromatic N) is 2. The van der Waals surface area contributed by atoms with E-state index in [4.69, 9.17) is 4.74 Å². The lowest BCUT2D eigenvalue weighted by atomic mass is 9.97. The molecule has 0 fully saturated rings. The van der Waals surface area contributed by atoms with Gasteiger partial charge >= 0.3 is 0 Å². The number of amides is 2. The summed E-state index contributed by atoms with van der Waals surface area (Å²) in [6.45, 7) is 1.46. The van der Waals surface area contributed by atoms with Gasteiger partial charge in [-0.15, -0.1) is 0 Å². The van der Waals surface area contributed by atoms with Crippen LogP contribution in [0.15, 0.2) is 18.2 Å². The highest BCUT2D eigenvalue weighted by Crippen LogP contribution is 2.34. The molecule has 0 bridgehead atoms. The molecule has 27 heavy (non-hydrogen) atoms. The maximum Gasteiger partial charge on any atom is 0.253 e. The van der Waals surface area contributed by atoms with Crippen LogP contribution < -0.4 is 15.0 Å². The van der Waals surface area contributed by atoms with Crippen LogP contribution in [0.4, 0.5) is 5.69 Å². The van der Waals surface area contributed by atoms with E-state index in [0.717, 1.165) is 5.69 Å². The zero-order chi connectivity index (χ0) is 20.2. The number of nitrogens with one attached hydrogen (secondary N) is 1. The summed E-state index contributed by atoms with van der Waals surface area (Å²) in [5, 5.41) is 21.7. The average Bonchev–Trinajstić information content (AvgIpc) is 2.67. The van der Waals surface area contributed by atoms with Crippen molar-refractivity contribution in [3.63, 3.8) is 0 Å². The van der Waals surface area contributed by atoms with E-state index in [-0.39, 0.29) is 37.5 Å². The molecule has 1 unspecified atom stereocenters. The summed E-state index contributed by atoms with van der Waals surface area (Å²) in [6, 6.07) is 5.02. The third kappa shape index (κ3) is 4.51. The van der Waals surface area contributed by atoms with Crippen molar-refractivity contribution in [2.45, 2.75) is 31.3 Å². The number of carbonyl (C=O) groups excluding carboxylic acids is 2. The van der Waals surface area contributed by atoms with Gasteiger partial charge < -0.3 is 30.1 Å². The largest absolute Gasteiger partial charge is 0.489 e. The Morgan fingerprint density at radius 3 is 2.56 bits per heavy atom. The Hall–Kier alpha value is -2.32. The molecular formula is C19H29N3O5. The van der Waals surface area contributed by atoms with Gasteiger partial charge in [-0.3, -0.25) is 9.59 Å². The number of likely N-dealkylation sites (N-methyl/N-ethyl adjacent to an activating group) is 1. The monoisotopic (exact) mass is 379 g/mol. The third-order valence-corrected chi connectivity index (χ3v) is 5.08. The highest BCUT2D eigenvalue weighted by molar-refractivity contribution is 5.95. The normalized spacial score (nSPS) is 16.4. The van der Waals surface area contributed by atoms with E-state index in [2.05, 4.69) is 5.32 Å². The molecule has 1 heterocycles. The molecule has 1 aliphatic rings. The number of hydrogen-bond donors (Lipinski definition) is 3. The van der Waals surface area contributed by atoms with Gasteiger partial charge in [-0.05, 0) is 24.6 Å². The summed E-state index contributed by atoms with van der Waals surface area (Å²) in [5.41, 5.74) is 0.275. The van der Waals surface area contributed by atoms with Crippen LogP contribution in [0.5, 0.6) is 5.75 Å². The molecule has 3 N–H and O–H groups in total. The molecule has 0 aromatic heterocycles. The molecule has 0 radical (unpaired) electrons. The van der Waals surface area contributed by atoms with Crippen LogP contribution in [0.25, 0.3) is 0 Å². The van der Waals surface area contributed by atoms with Crippen LogP contribution in [0.3, 0.4) is 0 Å². The van der Waals surface area contributed by atoms with Crippen molar-refractivity contribution in [1.82, 2.24) is 10.2 Å². The molecule has 1 aliphatic heterocycles. The number of benzene rings is 1. The predicted molar refractivity (Wildman–Crippen MR) is 102 cm³/mol. The van der Waals surface area contributed by atoms with E-state index in [1.54, 1.807) is 39.2 Å². The number of hydrogen-bond acceptors (Lipinski definition) is 6. The Kier molecular flexibility index (Phi) is 6.67. The molecular weight excluding hydrogens is 350 g/mol. The second-order valence-corrected chi connectivity index (χ2v) is 7.16. The lowest BCUT2D eigenvalue weighted by Gasteiger charge is -2.37. The molecule has 150 valence electrons. The van der Waals surface area contributed by atoms with Crippen molar-refractivity contribution in [3.05, 3.63) is 23.8 Å². The van der Waals surface area contributed by atoms with Crippen LogP contribution in [0.2, 0.25) is 0 Å². The molecule has 0 spiro atoms. The third-order valence-electron chi connectivity index (χ3n) is 5.08. The van der Waals surface area contributed by atoms with Gasteiger partial charge in [-0.2, -0.15) is 0 Å². The Morgan fingerprint density at radius 2 is 2.00 bits per heavy atom. The van der Waals surface area contributed by atoms with Crippen LogP contribution in [0.1, 0.15) is 30.1 Å². The van der Waals surface area contributed by atoms with Crippen molar-refractivity contribution >= 4 is 17.5 Å². The minimum Gasteiger partial charge on any atom is -0.489 e. The molecule has 0 aliphatic carbocycles. The van der Waals surface area contributed by atoms with Gasteiger partial charge in [0.25, 0.3) is 5.91 Å². The van der Waals surface area contributed by atoms with Gasteiger partial charge in [0.2, 0.25) is 5.91 Å². The first-order valence-corrected chi connectivity index (χ1v) is 9.01. The quantitative estimate of drug-likeness (QED) is 0.627. The number of aliphatic hydroxyl groups is 2. The average molecular weight is 379 g/mol. The summed E-state index contributed by atoms with van der Waals surface area (Å²) in [5.74, 6) is 0.284. The number of rotatable bonds is 7. The molecule has 2 amide bonds. The van der Waals surface area contributed by atoms with E-state index < -0.39 is 5.54 Å². The van der Waals surface area contributed by atoms with E-state index in [1.807, 2.05) is 11.9 Å². The zero-order valence-electron chi connectivity index (χ0n) is 16.4. The van der Waals surface area contributed by atoms with Gasteiger partial charge in [-0.1, -0.05) is 6.92 Å². The maximum atomic E-state index is 12.4. The number of ether oxygens (including phenoxy) is 1. The molecule has 8 nitrogen and oxygen atoms in total. The number of anilines is 1. The van der Waals surface area contributed by atoms with Gasteiger partial charge in [0, 0.05) is 26.7 Å². The van der Waals surface area contributed by atoms with E-state index in [1.165, 1.54) is 4.90 Å². The molecule has 8 heteroatoms. The smallest absolute Gasteiger partial charge is 0.253 e. The summed E-state index contributed by atoms with van der Waals surface area (Å²) in [7, 11) is 5.24. The van der Waals surface area contributed by atoms with Gasteiger partial charge in [0.15, 0.2) is 0 Å². The van der Waals surface area contributed by atoms with E-state index in [9.17, 15) is 19.8 Å². The van der Waals surface area contributed by atoms with Crippen LogP contribution in [-0.2, 0) is 4.79 Å². The van der Waals surface area contributed by atoms with Crippen molar-refractivity contribution in [2.75, 3.05) is 45.9 Å². The van der Waals surface area contributed by atoms with Crippen LogP contribution in [-0.4, -0.2) is 79.5 Å². The molecule has 1 atom stereocenters. The fraction of sp³-hybridized carbons (Fsp3) is 0.579. The lowest BCUT2D eigenvalue weighted by Crippen LogP contribution is -2.55. The Bertz CT molecular complexity index is 680. The fourth-order valence-corrected chi connectivity index (χ4v) is 3.00. The summed E-state index contributed by atoms with van der Waals surface area (Å²) in [4.78, 5) is 28.1. The highest BCUT2D eigenvalue weighted by atomic mass is 16.5. The fourth-order valence-electron chi connectivity index (χ4n) is 3.00. The van der Waals surface area contributed by atoms with E-state index in [0.29, 0.717) is 24.3 Å². The first kappa shape index (κ1) is 21.0. The minimum atomic E-state index is -1.02. The second-order valence-electron chi connectivity index (χ2n) is 7.16. The molecule has 1 aromatic rings. The first-order valence-electron chi connectivity index (χ1n) is 9.01. The highest BCUT2D eigenvalue weighted by Gasteiger charge is 2.32. The van der Waals surface area contributed by atoms with Crippen molar-refractivity contribution in [1.29, 1.82) is 0 Å². The van der Waals surface area contributed by atoms with Gasteiger partial charge in [-0.25, -0.2) is 0 Å². The van der Waals surface area contributed by atoms with Crippen LogP contribution >= 0.6 is 0 Å². The number of fused-ring (bicyclic) bond motifs is 1. The lowest BCUT2D eigenvalue weighted by molar-refractivity contribution is -0.125. The van der Waals surface area contributed by atoms with Gasteiger partial charge in [0.05, 0.1) is 36.9 Å². The topological polar surface area (TPSA) is 102 Å².